The molecule has 2 saturated carbocycles. The molecule has 2 aromatic rings. The van der Waals surface area contributed by atoms with Crippen molar-refractivity contribution < 1.29 is 0 Å². The summed E-state index contributed by atoms with van der Waals surface area (Å²) >= 11 is 5.59. The van der Waals surface area contributed by atoms with E-state index >= 15 is 0 Å². The molecule has 4 rings (SSSR count). The Morgan fingerprint density at radius 1 is 1.29 bits per heavy atom. The minimum Gasteiger partial charge on any atom is -0.378 e. The number of hydrogen-bond acceptors (Lipinski definition) is 3. The monoisotopic (exact) mass is 342 g/mol. The molecule has 1 N–H and O–H groups in total. The van der Waals surface area contributed by atoms with Crippen molar-refractivity contribution in [3.05, 3.63) is 29.0 Å². The van der Waals surface area contributed by atoms with Gasteiger partial charge in [-0.1, -0.05) is 18.6 Å². The molecule has 2 fully saturated rings. The van der Waals surface area contributed by atoms with Crippen LogP contribution in [0.3, 0.4) is 0 Å². The van der Waals surface area contributed by atoms with Gasteiger partial charge in [-0.15, -0.1) is 0 Å². The Bertz CT molecular complexity index is 791. The average Bonchev–Trinajstić information content (AvgIpc) is 3.29. The van der Waals surface area contributed by atoms with Crippen molar-refractivity contribution in [2.24, 2.45) is 17.8 Å². The van der Waals surface area contributed by atoms with E-state index in [0.29, 0.717) is 6.04 Å². The summed E-state index contributed by atoms with van der Waals surface area (Å²) in [5.74, 6) is 3.54. The van der Waals surface area contributed by atoms with E-state index in [1.54, 1.807) is 0 Å². The molecule has 0 aliphatic heterocycles. The van der Waals surface area contributed by atoms with Gasteiger partial charge in [0.05, 0.1) is 0 Å². The second kappa shape index (κ2) is 6.03. The Hall–Kier alpha value is -1.62. The predicted molar refractivity (Wildman–Crippen MR) is 101 cm³/mol. The van der Waals surface area contributed by atoms with Crippen LogP contribution >= 0.6 is 12.2 Å². The molecular formula is C19H26N4S. The van der Waals surface area contributed by atoms with Crippen LogP contribution in [0.25, 0.3) is 11.4 Å². The molecule has 0 amide bonds. The first-order chi connectivity index (χ1) is 11.5. The Balaban J connectivity index is 1.71. The van der Waals surface area contributed by atoms with Crippen molar-refractivity contribution >= 4 is 17.9 Å². The highest BCUT2D eigenvalue weighted by Gasteiger charge is 2.42. The van der Waals surface area contributed by atoms with Gasteiger partial charge in [-0.3, -0.25) is 9.67 Å². The topological polar surface area (TPSA) is 36.9 Å². The van der Waals surface area contributed by atoms with Gasteiger partial charge in [-0.2, -0.15) is 5.10 Å². The molecule has 0 saturated heterocycles. The molecule has 1 aromatic carbocycles. The summed E-state index contributed by atoms with van der Waals surface area (Å²) in [4.78, 5) is 2.12. The van der Waals surface area contributed by atoms with Crippen LogP contribution in [-0.2, 0) is 0 Å². The molecule has 4 unspecified atom stereocenters. The first-order valence-electron chi connectivity index (χ1n) is 8.99. The van der Waals surface area contributed by atoms with Gasteiger partial charge in [-0.25, -0.2) is 0 Å². The molecular weight excluding hydrogens is 316 g/mol. The van der Waals surface area contributed by atoms with Crippen LogP contribution in [0.4, 0.5) is 5.69 Å². The van der Waals surface area contributed by atoms with Crippen molar-refractivity contribution in [1.82, 2.24) is 14.8 Å². The molecule has 2 bridgehead atoms. The van der Waals surface area contributed by atoms with Crippen molar-refractivity contribution in [1.29, 1.82) is 0 Å². The zero-order chi connectivity index (χ0) is 16.8. The van der Waals surface area contributed by atoms with Crippen LogP contribution in [0.5, 0.6) is 0 Å². The van der Waals surface area contributed by atoms with E-state index in [4.69, 9.17) is 12.2 Å². The highest BCUT2D eigenvalue weighted by Crippen LogP contribution is 2.52. The third-order valence-electron chi connectivity index (χ3n) is 6.14. The van der Waals surface area contributed by atoms with E-state index < -0.39 is 0 Å². The van der Waals surface area contributed by atoms with Gasteiger partial charge in [0.1, 0.15) is 0 Å². The van der Waals surface area contributed by atoms with Crippen molar-refractivity contribution in [2.45, 2.75) is 38.6 Å². The molecule has 5 heteroatoms. The van der Waals surface area contributed by atoms with Crippen LogP contribution in [0.2, 0.25) is 0 Å². The predicted octanol–water partition coefficient (Wildman–Crippen LogP) is 4.67. The first-order valence-corrected chi connectivity index (χ1v) is 9.40. The SMILES string of the molecule is CC(C1CC2CCC1C2)n1c(-c2cccc(N(C)C)c2)n[nH]c1=S. The summed E-state index contributed by atoms with van der Waals surface area (Å²) in [5.41, 5.74) is 2.31. The number of benzene rings is 1. The summed E-state index contributed by atoms with van der Waals surface area (Å²) in [5, 5.41) is 7.60. The number of nitrogens with zero attached hydrogens (tertiary/aromatic N) is 3. The summed E-state index contributed by atoms with van der Waals surface area (Å²) in [6, 6.07) is 8.94. The normalized spacial score (nSPS) is 26.7. The lowest BCUT2D eigenvalue weighted by molar-refractivity contribution is 0.242. The molecule has 24 heavy (non-hydrogen) atoms. The maximum atomic E-state index is 5.59. The smallest absolute Gasteiger partial charge is 0.195 e. The van der Waals surface area contributed by atoms with Gasteiger partial charge in [0.25, 0.3) is 0 Å². The maximum Gasteiger partial charge on any atom is 0.195 e. The second-order valence-corrected chi connectivity index (χ2v) is 8.13. The lowest BCUT2D eigenvalue weighted by Gasteiger charge is -2.29. The fourth-order valence-electron chi connectivity index (χ4n) is 4.89. The van der Waals surface area contributed by atoms with Gasteiger partial charge >= 0.3 is 0 Å². The summed E-state index contributed by atoms with van der Waals surface area (Å²) in [6.45, 7) is 2.33. The van der Waals surface area contributed by atoms with E-state index in [0.717, 1.165) is 33.9 Å². The molecule has 2 aliphatic carbocycles. The molecule has 2 aliphatic rings. The number of aromatic amines is 1. The molecule has 0 radical (unpaired) electrons. The fraction of sp³-hybridized carbons (Fsp3) is 0.579. The molecule has 4 nitrogen and oxygen atoms in total. The molecule has 1 heterocycles. The Kier molecular flexibility index (Phi) is 3.99. The van der Waals surface area contributed by atoms with E-state index in [1.165, 1.54) is 31.4 Å². The molecule has 128 valence electrons. The molecule has 4 atom stereocenters. The van der Waals surface area contributed by atoms with Gasteiger partial charge in [0, 0.05) is 31.4 Å². The van der Waals surface area contributed by atoms with Crippen LogP contribution in [0.15, 0.2) is 24.3 Å². The van der Waals surface area contributed by atoms with E-state index in [-0.39, 0.29) is 0 Å². The van der Waals surface area contributed by atoms with E-state index in [1.807, 2.05) is 0 Å². The number of nitrogens with one attached hydrogen (secondary N) is 1. The van der Waals surface area contributed by atoms with Gasteiger partial charge < -0.3 is 4.90 Å². The van der Waals surface area contributed by atoms with E-state index in [9.17, 15) is 0 Å². The highest BCUT2D eigenvalue weighted by atomic mass is 32.1. The number of hydrogen-bond donors (Lipinski definition) is 1. The fourth-order valence-corrected chi connectivity index (χ4v) is 5.18. The standard InChI is InChI=1S/C19H26N4S/c1-12(17-10-13-7-8-14(17)9-13)23-18(20-21-19(23)24)15-5-4-6-16(11-15)22(2)3/h4-6,11-14,17H,7-10H2,1-3H3,(H,21,24). The quantitative estimate of drug-likeness (QED) is 0.820. The largest absolute Gasteiger partial charge is 0.378 e. The van der Waals surface area contributed by atoms with Crippen LogP contribution in [-0.4, -0.2) is 28.9 Å². The number of H-pyrrole nitrogens is 1. The van der Waals surface area contributed by atoms with Crippen molar-refractivity contribution in [2.75, 3.05) is 19.0 Å². The lowest BCUT2D eigenvalue weighted by Crippen LogP contribution is -2.22. The molecule has 0 spiro atoms. The maximum absolute atomic E-state index is 5.59. The van der Waals surface area contributed by atoms with Crippen molar-refractivity contribution in [3.8, 4) is 11.4 Å². The number of rotatable bonds is 4. The zero-order valence-electron chi connectivity index (χ0n) is 14.7. The van der Waals surface area contributed by atoms with Crippen molar-refractivity contribution in [3.63, 3.8) is 0 Å². The highest BCUT2D eigenvalue weighted by molar-refractivity contribution is 7.71. The second-order valence-electron chi connectivity index (χ2n) is 7.75. The van der Waals surface area contributed by atoms with E-state index in [2.05, 4.69) is 64.9 Å². The Labute approximate surface area is 148 Å². The number of fused-ring (bicyclic) bond motifs is 2. The summed E-state index contributed by atoms with van der Waals surface area (Å²) in [7, 11) is 4.13. The number of aromatic nitrogens is 3. The summed E-state index contributed by atoms with van der Waals surface area (Å²) < 4.78 is 3.01. The van der Waals surface area contributed by atoms with Gasteiger partial charge in [0.15, 0.2) is 10.6 Å². The zero-order valence-corrected chi connectivity index (χ0v) is 15.5. The van der Waals surface area contributed by atoms with Crippen LogP contribution < -0.4 is 4.90 Å². The Morgan fingerprint density at radius 3 is 2.79 bits per heavy atom. The van der Waals surface area contributed by atoms with Gasteiger partial charge in [0.2, 0.25) is 0 Å². The van der Waals surface area contributed by atoms with Crippen LogP contribution in [0.1, 0.15) is 38.6 Å². The minimum atomic E-state index is 0.407. The lowest BCUT2D eigenvalue weighted by atomic mass is 9.84. The minimum absolute atomic E-state index is 0.407. The third-order valence-corrected chi connectivity index (χ3v) is 6.43. The molecule has 1 aromatic heterocycles. The van der Waals surface area contributed by atoms with Gasteiger partial charge in [-0.05, 0) is 68.3 Å². The third kappa shape index (κ3) is 2.59. The number of anilines is 1. The Morgan fingerprint density at radius 2 is 2.12 bits per heavy atom. The first kappa shape index (κ1) is 15.9. The summed E-state index contributed by atoms with van der Waals surface area (Å²) in [6.07, 6.45) is 5.61. The average molecular weight is 343 g/mol. The van der Waals surface area contributed by atoms with Crippen LogP contribution in [0, 0.1) is 22.5 Å².